The van der Waals surface area contributed by atoms with Crippen LogP contribution in [0.1, 0.15) is 31.9 Å². The van der Waals surface area contributed by atoms with Crippen LogP contribution in [0.15, 0.2) is 43.1 Å². The largest absolute Gasteiger partial charge is 0.497 e. The first-order valence-corrected chi connectivity index (χ1v) is 9.39. The van der Waals surface area contributed by atoms with Crippen LogP contribution < -0.4 is 4.74 Å². The minimum Gasteiger partial charge on any atom is -0.497 e. The van der Waals surface area contributed by atoms with E-state index in [9.17, 15) is 5.11 Å². The first kappa shape index (κ1) is 18.9. The van der Waals surface area contributed by atoms with Crippen molar-refractivity contribution < 1.29 is 9.84 Å². The summed E-state index contributed by atoms with van der Waals surface area (Å²) in [5.41, 5.74) is 1.80. The van der Waals surface area contributed by atoms with Gasteiger partial charge in [-0.1, -0.05) is 19.9 Å². The molecule has 1 N–H and O–H groups in total. The third kappa shape index (κ3) is 3.49. The molecule has 26 heavy (non-hydrogen) atoms. The molecule has 2 aromatic rings. The molecule has 1 aliphatic rings. The Kier molecular flexibility index (Phi) is 5.64. The second-order valence-electron chi connectivity index (χ2n) is 7.78. The zero-order valence-electron chi connectivity index (χ0n) is 16.2. The van der Waals surface area contributed by atoms with E-state index in [0.717, 1.165) is 35.2 Å². The highest BCUT2D eigenvalue weighted by Gasteiger charge is 2.38. The lowest BCUT2D eigenvalue weighted by atomic mass is 9.74. The molecule has 3 rings (SSSR count). The summed E-state index contributed by atoms with van der Waals surface area (Å²) in [5, 5.41) is 12.3. The molecule has 4 atom stereocenters. The van der Waals surface area contributed by atoms with Crippen molar-refractivity contribution in [1.82, 2.24) is 9.88 Å². The molecule has 1 saturated heterocycles. The van der Waals surface area contributed by atoms with E-state index in [1.165, 1.54) is 0 Å². The highest BCUT2D eigenvalue weighted by atomic mass is 16.5. The fourth-order valence-electron chi connectivity index (χ4n) is 4.36. The van der Waals surface area contributed by atoms with Crippen molar-refractivity contribution in [3.63, 3.8) is 0 Å². The number of likely N-dealkylation sites (tertiary alicyclic amines) is 1. The minimum atomic E-state index is -0.565. The number of aromatic nitrogens is 1. The van der Waals surface area contributed by atoms with Crippen LogP contribution in [0.2, 0.25) is 0 Å². The van der Waals surface area contributed by atoms with Crippen molar-refractivity contribution in [1.29, 1.82) is 0 Å². The van der Waals surface area contributed by atoms with Crippen LogP contribution in [0.25, 0.3) is 10.9 Å². The standard InChI is InChI=1S/C22H30N2O2/c1-6-15-13-24(4)21(12-18(15)14(2)3)22(25)17-9-10-23-20-8-7-16(26-5)11-19(17)20/h6-11,14-15,18,21-22,25H,1,12-13H2,2-5H3/t15-,18+,21+,22-/m0/s1. The molecule has 0 spiro atoms. The molecule has 0 aliphatic carbocycles. The van der Waals surface area contributed by atoms with Gasteiger partial charge in [-0.3, -0.25) is 9.88 Å². The number of hydrogen-bond donors (Lipinski definition) is 1. The summed E-state index contributed by atoms with van der Waals surface area (Å²) in [6, 6.07) is 7.83. The van der Waals surface area contributed by atoms with Gasteiger partial charge < -0.3 is 9.84 Å². The molecule has 0 bridgehead atoms. The number of nitrogens with zero attached hydrogens (tertiary/aromatic N) is 2. The molecule has 0 saturated carbocycles. The van der Waals surface area contributed by atoms with Gasteiger partial charge in [-0.05, 0) is 61.1 Å². The first-order chi connectivity index (χ1) is 12.5. The van der Waals surface area contributed by atoms with Gasteiger partial charge in [0.1, 0.15) is 5.75 Å². The average molecular weight is 354 g/mol. The van der Waals surface area contributed by atoms with Gasteiger partial charge in [-0.25, -0.2) is 0 Å². The number of fused-ring (bicyclic) bond motifs is 1. The molecule has 4 nitrogen and oxygen atoms in total. The number of aliphatic hydroxyl groups excluding tert-OH is 1. The van der Waals surface area contributed by atoms with Gasteiger partial charge in [0.2, 0.25) is 0 Å². The maximum absolute atomic E-state index is 11.3. The third-order valence-electron chi connectivity index (χ3n) is 5.95. The van der Waals surface area contributed by atoms with Crippen molar-refractivity contribution in [3.8, 4) is 5.75 Å². The van der Waals surface area contributed by atoms with Crippen LogP contribution in [-0.2, 0) is 0 Å². The maximum atomic E-state index is 11.3. The maximum Gasteiger partial charge on any atom is 0.119 e. The predicted octanol–water partition coefficient (Wildman–Crippen LogP) is 4.06. The molecule has 1 aliphatic heterocycles. The van der Waals surface area contributed by atoms with Crippen LogP contribution in [-0.4, -0.2) is 41.7 Å². The summed E-state index contributed by atoms with van der Waals surface area (Å²) in [6.45, 7) is 9.49. The normalized spacial score (nSPS) is 25.4. The number of piperidine rings is 1. The predicted molar refractivity (Wildman–Crippen MR) is 106 cm³/mol. The molecule has 1 aromatic heterocycles. The molecule has 1 fully saturated rings. The van der Waals surface area contributed by atoms with Crippen LogP contribution in [0.4, 0.5) is 0 Å². The number of benzene rings is 1. The van der Waals surface area contributed by atoms with Crippen molar-refractivity contribution in [2.24, 2.45) is 17.8 Å². The zero-order valence-corrected chi connectivity index (χ0v) is 16.2. The summed E-state index contributed by atoms with van der Waals surface area (Å²) in [6.07, 6.45) is 4.25. The van der Waals surface area contributed by atoms with Gasteiger partial charge >= 0.3 is 0 Å². The molecule has 0 radical (unpaired) electrons. The number of ether oxygens (including phenoxy) is 1. The molecule has 2 heterocycles. The molecule has 4 heteroatoms. The van der Waals surface area contributed by atoms with Crippen molar-refractivity contribution >= 4 is 10.9 Å². The number of pyridine rings is 1. The highest BCUT2D eigenvalue weighted by Crippen LogP contribution is 2.39. The SMILES string of the molecule is C=C[C@H]1CN(C)[C@@H]([C@@H](O)c2ccnc3ccc(OC)cc23)C[C@@H]1C(C)C. The lowest BCUT2D eigenvalue weighted by molar-refractivity contribution is -0.00198. The Morgan fingerprint density at radius 1 is 1.35 bits per heavy atom. The van der Waals surface area contributed by atoms with Gasteiger partial charge in [0.15, 0.2) is 0 Å². The van der Waals surface area contributed by atoms with Crippen LogP contribution in [0.5, 0.6) is 5.75 Å². The fraction of sp³-hybridized carbons (Fsp3) is 0.500. The Morgan fingerprint density at radius 2 is 2.12 bits per heavy atom. The van der Waals surface area contributed by atoms with Gasteiger partial charge in [-0.15, -0.1) is 6.58 Å². The van der Waals surface area contributed by atoms with Crippen molar-refractivity contribution in [2.45, 2.75) is 32.4 Å². The van der Waals surface area contributed by atoms with Gasteiger partial charge in [-0.2, -0.15) is 0 Å². The Bertz CT molecular complexity index is 774. The average Bonchev–Trinajstić information content (AvgIpc) is 2.65. The Hall–Kier alpha value is -1.91. The Balaban J connectivity index is 1.96. The van der Waals surface area contributed by atoms with Gasteiger partial charge in [0.05, 0.1) is 18.7 Å². The van der Waals surface area contributed by atoms with Crippen LogP contribution in [0, 0.1) is 17.8 Å². The number of likely N-dealkylation sites (N-methyl/N-ethyl adjacent to an activating group) is 1. The fourth-order valence-corrected chi connectivity index (χ4v) is 4.36. The Labute approximate surface area is 156 Å². The van der Waals surface area contributed by atoms with E-state index in [-0.39, 0.29) is 6.04 Å². The van der Waals surface area contributed by atoms with E-state index in [1.54, 1.807) is 13.3 Å². The quantitative estimate of drug-likeness (QED) is 0.823. The summed E-state index contributed by atoms with van der Waals surface area (Å²) in [7, 11) is 3.76. The highest BCUT2D eigenvalue weighted by molar-refractivity contribution is 5.83. The topological polar surface area (TPSA) is 45.6 Å². The molecule has 0 amide bonds. The third-order valence-corrected chi connectivity index (χ3v) is 5.95. The number of rotatable bonds is 5. The molecular weight excluding hydrogens is 324 g/mol. The summed E-state index contributed by atoms with van der Waals surface area (Å²) >= 11 is 0. The zero-order chi connectivity index (χ0) is 18.8. The van der Waals surface area contributed by atoms with Gasteiger partial charge in [0, 0.05) is 24.2 Å². The first-order valence-electron chi connectivity index (χ1n) is 9.39. The van der Waals surface area contributed by atoms with Gasteiger partial charge in [0.25, 0.3) is 0 Å². The lowest BCUT2D eigenvalue weighted by Gasteiger charge is -2.45. The number of methoxy groups -OCH3 is 1. The lowest BCUT2D eigenvalue weighted by Crippen LogP contribution is -2.48. The van der Waals surface area contributed by atoms with E-state index in [4.69, 9.17) is 4.74 Å². The summed E-state index contributed by atoms with van der Waals surface area (Å²) in [4.78, 5) is 6.72. The Morgan fingerprint density at radius 3 is 2.77 bits per heavy atom. The second-order valence-corrected chi connectivity index (χ2v) is 7.78. The molecule has 140 valence electrons. The van der Waals surface area contributed by atoms with E-state index in [2.05, 4.69) is 43.4 Å². The molecular formula is C22H30N2O2. The monoisotopic (exact) mass is 354 g/mol. The van der Waals surface area contributed by atoms with Crippen molar-refractivity contribution in [2.75, 3.05) is 20.7 Å². The smallest absolute Gasteiger partial charge is 0.119 e. The molecule has 1 aromatic carbocycles. The summed E-state index contributed by atoms with van der Waals surface area (Å²) in [5.74, 6) is 2.35. The van der Waals surface area contributed by atoms with Crippen LogP contribution in [0.3, 0.4) is 0 Å². The summed E-state index contributed by atoms with van der Waals surface area (Å²) < 4.78 is 5.37. The van der Waals surface area contributed by atoms with E-state index in [0.29, 0.717) is 17.8 Å². The second kappa shape index (κ2) is 7.77. The number of aliphatic hydroxyl groups is 1. The van der Waals surface area contributed by atoms with E-state index in [1.807, 2.05) is 24.3 Å². The molecule has 0 unspecified atom stereocenters. The number of hydrogen-bond acceptors (Lipinski definition) is 4. The van der Waals surface area contributed by atoms with Crippen molar-refractivity contribution in [3.05, 3.63) is 48.7 Å². The van der Waals surface area contributed by atoms with E-state index < -0.39 is 6.10 Å². The van der Waals surface area contributed by atoms with E-state index >= 15 is 0 Å². The van der Waals surface area contributed by atoms with Crippen LogP contribution >= 0.6 is 0 Å². The minimum absolute atomic E-state index is 0.0791.